The first-order valence-corrected chi connectivity index (χ1v) is 5.35. The number of benzene rings is 1. The second-order valence-electron chi connectivity index (χ2n) is 3.78. The quantitative estimate of drug-likeness (QED) is 0.900. The van der Waals surface area contributed by atoms with Crippen LogP contribution < -0.4 is 14.8 Å². The van der Waals surface area contributed by atoms with Crippen LogP contribution in [0.15, 0.2) is 12.1 Å². The fourth-order valence-corrected chi connectivity index (χ4v) is 1.60. The van der Waals surface area contributed by atoms with Crippen LogP contribution in [0.3, 0.4) is 0 Å². The van der Waals surface area contributed by atoms with Crippen LogP contribution in [0.5, 0.6) is 11.5 Å². The van der Waals surface area contributed by atoms with E-state index < -0.39 is 12.7 Å². The molecule has 0 saturated heterocycles. The maximum absolute atomic E-state index is 12.1. The standard InChI is InChI=1S/C11H12F3N3O2/c1-18-8-3-6-7(4-9(8)19-2)17-10(16-6)15-5-11(12,13)14/h3-4H,5H2,1-2H3,(H2,15,16,17). The molecular formula is C11H12F3N3O2. The fraction of sp³-hybridized carbons (Fsp3) is 0.364. The summed E-state index contributed by atoms with van der Waals surface area (Å²) in [5, 5.41) is 2.18. The molecule has 2 N–H and O–H groups in total. The number of hydrogen-bond acceptors (Lipinski definition) is 4. The number of imidazole rings is 1. The highest BCUT2D eigenvalue weighted by molar-refractivity contribution is 5.81. The van der Waals surface area contributed by atoms with Gasteiger partial charge in [0.2, 0.25) is 5.95 Å². The van der Waals surface area contributed by atoms with Gasteiger partial charge in [0.05, 0.1) is 25.3 Å². The first-order valence-electron chi connectivity index (χ1n) is 5.35. The van der Waals surface area contributed by atoms with Crippen molar-refractivity contribution in [3.63, 3.8) is 0 Å². The summed E-state index contributed by atoms with van der Waals surface area (Å²) >= 11 is 0. The molecule has 1 aromatic carbocycles. The number of anilines is 1. The molecule has 0 saturated carbocycles. The lowest BCUT2D eigenvalue weighted by Gasteiger charge is -2.06. The predicted octanol–water partition coefficient (Wildman–Crippen LogP) is 2.55. The van der Waals surface area contributed by atoms with E-state index in [0.29, 0.717) is 22.5 Å². The van der Waals surface area contributed by atoms with Gasteiger partial charge in [-0.3, -0.25) is 0 Å². The molecule has 0 bridgehead atoms. The summed E-state index contributed by atoms with van der Waals surface area (Å²) in [7, 11) is 2.95. The highest BCUT2D eigenvalue weighted by Crippen LogP contribution is 2.31. The Bertz CT molecular complexity index is 539. The molecule has 0 unspecified atom stereocenters. The number of fused-ring (bicyclic) bond motifs is 1. The van der Waals surface area contributed by atoms with Crippen molar-refractivity contribution in [2.45, 2.75) is 6.18 Å². The van der Waals surface area contributed by atoms with Gasteiger partial charge in [-0.2, -0.15) is 13.2 Å². The Morgan fingerprint density at radius 3 is 2.42 bits per heavy atom. The molecular weight excluding hydrogens is 263 g/mol. The fourth-order valence-electron chi connectivity index (χ4n) is 1.60. The molecule has 0 amide bonds. The van der Waals surface area contributed by atoms with Gasteiger partial charge in [-0.05, 0) is 0 Å². The molecule has 1 heterocycles. The van der Waals surface area contributed by atoms with E-state index in [-0.39, 0.29) is 5.95 Å². The van der Waals surface area contributed by atoms with Gasteiger partial charge in [0.25, 0.3) is 0 Å². The van der Waals surface area contributed by atoms with E-state index in [4.69, 9.17) is 9.47 Å². The average molecular weight is 275 g/mol. The lowest BCUT2D eigenvalue weighted by Crippen LogP contribution is -2.21. The van der Waals surface area contributed by atoms with Gasteiger partial charge < -0.3 is 19.8 Å². The lowest BCUT2D eigenvalue weighted by atomic mass is 10.3. The minimum absolute atomic E-state index is 0.0441. The van der Waals surface area contributed by atoms with Crippen LogP contribution in [0.1, 0.15) is 0 Å². The van der Waals surface area contributed by atoms with E-state index in [1.807, 2.05) is 0 Å². The molecule has 0 aliphatic carbocycles. The topological polar surface area (TPSA) is 59.2 Å². The third kappa shape index (κ3) is 3.01. The lowest BCUT2D eigenvalue weighted by molar-refractivity contribution is -0.115. The van der Waals surface area contributed by atoms with E-state index >= 15 is 0 Å². The minimum atomic E-state index is -4.30. The van der Waals surface area contributed by atoms with Gasteiger partial charge in [0.15, 0.2) is 11.5 Å². The van der Waals surface area contributed by atoms with E-state index in [9.17, 15) is 13.2 Å². The van der Waals surface area contributed by atoms with E-state index in [0.717, 1.165) is 0 Å². The largest absolute Gasteiger partial charge is 0.493 e. The number of ether oxygens (including phenoxy) is 2. The van der Waals surface area contributed by atoms with Crippen molar-refractivity contribution >= 4 is 17.0 Å². The average Bonchev–Trinajstić information content (AvgIpc) is 2.75. The van der Waals surface area contributed by atoms with Gasteiger partial charge in [-0.25, -0.2) is 4.98 Å². The van der Waals surface area contributed by atoms with Crippen LogP contribution in [0.25, 0.3) is 11.0 Å². The van der Waals surface area contributed by atoms with Gasteiger partial charge in [-0.1, -0.05) is 0 Å². The van der Waals surface area contributed by atoms with Crippen LogP contribution in [-0.2, 0) is 0 Å². The van der Waals surface area contributed by atoms with Crippen molar-refractivity contribution in [2.75, 3.05) is 26.1 Å². The van der Waals surface area contributed by atoms with E-state index in [1.54, 1.807) is 12.1 Å². The Kier molecular flexibility index (Phi) is 3.41. The molecule has 0 aliphatic rings. The molecule has 0 fully saturated rings. The zero-order valence-corrected chi connectivity index (χ0v) is 10.3. The number of methoxy groups -OCH3 is 2. The summed E-state index contributed by atoms with van der Waals surface area (Å²) in [5.74, 6) is 0.979. The minimum Gasteiger partial charge on any atom is -0.493 e. The Hall–Kier alpha value is -2.12. The molecule has 0 aliphatic heterocycles. The molecule has 5 nitrogen and oxygen atoms in total. The van der Waals surface area contributed by atoms with E-state index in [1.165, 1.54) is 14.2 Å². The van der Waals surface area contributed by atoms with Crippen molar-refractivity contribution in [3.8, 4) is 11.5 Å². The highest BCUT2D eigenvalue weighted by Gasteiger charge is 2.27. The summed E-state index contributed by atoms with van der Waals surface area (Å²) < 4.78 is 46.5. The van der Waals surface area contributed by atoms with Crippen LogP contribution in [0.4, 0.5) is 19.1 Å². The third-order valence-electron chi connectivity index (χ3n) is 2.44. The summed E-state index contributed by atoms with van der Waals surface area (Å²) in [4.78, 5) is 6.73. The Morgan fingerprint density at radius 1 is 1.21 bits per heavy atom. The van der Waals surface area contributed by atoms with Crippen molar-refractivity contribution in [1.82, 2.24) is 9.97 Å². The Balaban J connectivity index is 2.30. The Morgan fingerprint density at radius 2 is 1.84 bits per heavy atom. The SMILES string of the molecule is COc1cc2nc(NCC(F)(F)F)[nH]c2cc1OC. The molecule has 2 aromatic rings. The predicted molar refractivity (Wildman–Crippen MR) is 63.7 cm³/mol. The maximum atomic E-state index is 12.1. The highest BCUT2D eigenvalue weighted by atomic mass is 19.4. The second kappa shape index (κ2) is 4.87. The first-order chi connectivity index (χ1) is 8.93. The van der Waals surface area contributed by atoms with Crippen molar-refractivity contribution < 1.29 is 22.6 Å². The summed E-state index contributed by atoms with van der Waals surface area (Å²) in [5.41, 5.74) is 1.05. The zero-order valence-electron chi connectivity index (χ0n) is 10.3. The summed E-state index contributed by atoms with van der Waals surface area (Å²) in [6, 6.07) is 3.20. The van der Waals surface area contributed by atoms with Gasteiger partial charge in [0.1, 0.15) is 6.54 Å². The van der Waals surface area contributed by atoms with Crippen LogP contribution in [-0.4, -0.2) is 36.9 Å². The number of nitrogens with zero attached hydrogens (tertiary/aromatic N) is 1. The molecule has 19 heavy (non-hydrogen) atoms. The number of nitrogens with one attached hydrogen (secondary N) is 2. The van der Waals surface area contributed by atoms with Crippen molar-refractivity contribution in [1.29, 1.82) is 0 Å². The molecule has 8 heteroatoms. The molecule has 0 radical (unpaired) electrons. The van der Waals surface area contributed by atoms with Gasteiger partial charge >= 0.3 is 6.18 Å². The number of H-pyrrole nitrogens is 1. The summed E-state index contributed by atoms with van der Waals surface area (Å²) in [6.45, 7) is -1.15. The molecule has 2 rings (SSSR count). The number of alkyl halides is 3. The normalized spacial score (nSPS) is 11.6. The van der Waals surface area contributed by atoms with Gasteiger partial charge in [-0.15, -0.1) is 0 Å². The number of hydrogen-bond donors (Lipinski definition) is 2. The van der Waals surface area contributed by atoms with Crippen molar-refractivity contribution in [2.24, 2.45) is 0 Å². The zero-order chi connectivity index (χ0) is 14.0. The number of rotatable bonds is 4. The molecule has 104 valence electrons. The number of halogens is 3. The van der Waals surface area contributed by atoms with Crippen LogP contribution >= 0.6 is 0 Å². The molecule has 1 aromatic heterocycles. The maximum Gasteiger partial charge on any atom is 0.405 e. The first kappa shape index (κ1) is 13.3. The number of aromatic nitrogens is 2. The molecule has 0 atom stereocenters. The van der Waals surface area contributed by atoms with Crippen LogP contribution in [0, 0.1) is 0 Å². The smallest absolute Gasteiger partial charge is 0.405 e. The van der Waals surface area contributed by atoms with Crippen LogP contribution in [0.2, 0.25) is 0 Å². The monoisotopic (exact) mass is 275 g/mol. The van der Waals surface area contributed by atoms with Crippen molar-refractivity contribution in [3.05, 3.63) is 12.1 Å². The molecule has 0 spiro atoms. The number of aromatic amines is 1. The van der Waals surface area contributed by atoms with Gasteiger partial charge in [0, 0.05) is 12.1 Å². The Labute approximate surface area is 106 Å². The second-order valence-corrected chi connectivity index (χ2v) is 3.78. The third-order valence-corrected chi connectivity index (χ3v) is 2.44. The van der Waals surface area contributed by atoms with E-state index in [2.05, 4.69) is 15.3 Å². The summed E-state index contributed by atoms with van der Waals surface area (Å²) in [6.07, 6.45) is -4.30.